The highest BCUT2D eigenvalue weighted by Crippen LogP contribution is 2.30. The Morgan fingerprint density at radius 3 is 2.32 bits per heavy atom. The van der Waals surface area contributed by atoms with E-state index in [4.69, 9.17) is 14.2 Å². The minimum atomic E-state index is -0.688. The molecule has 0 aliphatic rings. The van der Waals surface area contributed by atoms with Gasteiger partial charge >= 0.3 is 5.97 Å². The van der Waals surface area contributed by atoms with Crippen LogP contribution in [0.3, 0.4) is 0 Å². The zero-order valence-corrected chi connectivity index (χ0v) is 16.4. The molecule has 0 aliphatic heterocycles. The van der Waals surface area contributed by atoms with E-state index in [1.807, 2.05) is 13.8 Å². The van der Waals surface area contributed by atoms with Crippen LogP contribution in [0.5, 0.6) is 11.5 Å². The van der Waals surface area contributed by atoms with Crippen LogP contribution in [0.15, 0.2) is 30.5 Å². The summed E-state index contributed by atoms with van der Waals surface area (Å²) in [7, 11) is 1.62. The van der Waals surface area contributed by atoms with Gasteiger partial charge in [0, 0.05) is 30.6 Å². The number of ketones is 1. The number of ether oxygens (including phenoxy) is 3. The average Bonchev–Trinajstić information content (AvgIpc) is 3.04. The average molecular weight is 388 g/mol. The molecule has 0 unspecified atom stereocenters. The van der Waals surface area contributed by atoms with Gasteiger partial charge in [-0.05, 0) is 39.0 Å². The minimum absolute atomic E-state index is 0.159. The molecule has 1 aromatic heterocycles. The molecular weight excluding hydrogens is 364 g/mol. The first-order valence-corrected chi connectivity index (χ1v) is 8.89. The van der Waals surface area contributed by atoms with Gasteiger partial charge in [-0.25, -0.2) is 4.79 Å². The van der Waals surface area contributed by atoms with Gasteiger partial charge in [0.15, 0.2) is 23.9 Å². The van der Waals surface area contributed by atoms with E-state index in [0.29, 0.717) is 36.0 Å². The van der Waals surface area contributed by atoms with Crippen LogP contribution in [-0.4, -0.2) is 42.0 Å². The van der Waals surface area contributed by atoms with Gasteiger partial charge < -0.3 is 24.1 Å². The second-order valence-corrected chi connectivity index (χ2v) is 5.93. The third kappa shape index (κ3) is 5.35. The summed E-state index contributed by atoms with van der Waals surface area (Å²) >= 11 is 0. The number of hydrogen-bond acceptors (Lipinski definition) is 6. The molecule has 8 nitrogen and oxygen atoms in total. The van der Waals surface area contributed by atoms with Crippen LogP contribution in [0.4, 0.5) is 5.69 Å². The number of rotatable bonds is 9. The monoisotopic (exact) mass is 388 g/mol. The Labute approximate surface area is 163 Å². The standard InChI is InChI=1S/C20H24N2O6/c1-5-26-17-8-7-15(10-18(17)27-6-2)21-19(24)12-28-20(25)16-9-14(13(3)23)11-22(16)4/h7-11H,5-6,12H2,1-4H3,(H,21,24). The lowest BCUT2D eigenvalue weighted by Gasteiger charge is -2.13. The van der Waals surface area contributed by atoms with Crippen molar-refractivity contribution < 1.29 is 28.6 Å². The molecular formula is C20H24N2O6. The number of hydrogen-bond donors (Lipinski definition) is 1. The molecule has 0 saturated heterocycles. The Morgan fingerprint density at radius 2 is 1.71 bits per heavy atom. The molecule has 1 amide bonds. The van der Waals surface area contributed by atoms with Crippen LogP contribution in [0.1, 0.15) is 41.6 Å². The summed E-state index contributed by atoms with van der Waals surface area (Å²) in [5.74, 6) is -0.251. The Morgan fingerprint density at radius 1 is 1.04 bits per heavy atom. The molecule has 1 heterocycles. The van der Waals surface area contributed by atoms with Crippen LogP contribution in [0, 0.1) is 0 Å². The van der Waals surface area contributed by atoms with Crippen molar-refractivity contribution in [3.8, 4) is 11.5 Å². The molecule has 28 heavy (non-hydrogen) atoms. The summed E-state index contributed by atoms with van der Waals surface area (Å²) in [4.78, 5) is 35.6. The first-order valence-electron chi connectivity index (χ1n) is 8.89. The van der Waals surface area contributed by atoms with Crippen molar-refractivity contribution in [2.45, 2.75) is 20.8 Å². The van der Waals surface area contributed by atoms with Gasteiger partial charge in [0.1, 0.15) is 5.69 Å². The lowest BCUT2D eigenvalue weighted by Crippen LogP contribution is -2.21. The summed E-state index contributed by atoms with van der Waals surface area (Å²) in [6.07, 6.45) is 1.54. The van der Waals surface area contributed by atoms with Gasteiger partial charge in [-0.3, -0.25) is 9.59 Å². The maximum Gasteiger partial charge on any atom is 0.355 e. The number of benzene rings is 1. The van der Waals surface area contributed by atoms with Crippen LogP contribution >= 0.6 is 0 Å². The molecule has 0 aliphatic carbocycles. The molecule has 0 saturated carbocycles. The first-order chi connectivity index (χ1) is 13.3. The number of carbonyl (C=O) groups is 3. The molecule has 0 radical (unpaired) electrons. The zero-order chi connectivity index (χ0) is 20.7. The molecule has 1 N–H and O–H groups in total. The smallest absolute Gasteiger partial charge is 0.355 e. The van der Waals surface area contributed by atoms with Crippen LogP contribution in [-0.2, 0) is 16.6 Å². The van der Waals surface area contributed by atoms with Crippen molar-refractivity contribution in [2.24, 2.45) is 7.05 Å². The van der Waals surface area contributed by atoms with Crippen LogP contribution in [0.25, 0.3) is 0 Å². The molecule has 2 aromatic rings. The molecule has 1 aromatic carbocycles. The van der Waals surface area contributed by atoms with E-state index in [-0.39, 0.29) is 11.5 Å². The van der Waals surface area contributed by atoms with Gasteiger partial charge in [0.25, 0.3) is 5.91 Å². The second-order valence-electron chi connectivity index (χ2n) is 5.93. The van der Waals surface area contributed by atoms with Gasteiger partial charge in [0.05, 0.1) is 13.2 Å². The number of esters is 1. The fraction of sp³-hybridized carbons (Fsp3) is 0.350. The van der Waals surface area contributed by atoms with E-state index in [1.165, 1.54) is 23.8 Å². The maximum atomic E-state index is 12.1. The Bertz CT molecular complexity index is 872. The number of nitrogens with one attached hydrogen (secondary N) is 1. The van der Waals surface area contributed by atoms with Crippen LogP contribution < -0.4 is 14.8 Å². The molecule has 150 valence electrons. The van der Waals surface area contributed by atoms with E-state index in [2.05, 4.69) is 5.32 Å². The first kappa shape index (κ1) is 21.0. The summed E-state index contributed by atoms with van der Waals surface area (Å²) in [6, 6.07) is 6.45. The van der Waals surface area contributed by atoms with E-state index >= 15 is 0 Å². The molecule has 0 fully saturated rings. The Kier molecular flexibility index (Phi) is 7.20. The molecule has 2 rings (SSSR count). The number of aromatic nitrogens is 1. The van der Waals surface area contributed by atoms with Crippen LogP contribution in [0.2, 0.25) is 0 Å². The highest BCUT2D eigenvalue weighted by atomic mass is 16.5. The third-order valence-electron chi connectivity index (χ3n) is 3.78. The molecule has 8 heteroatoms. The quantitative estimate of drug-likeness (QED) is 0.524. The molecule has 0 bridgehead atoms. The van der Waals surface area contributed by atoms with Crippen molar-refractivity contribution in [3.63, 3.8) is 0 Å². The van der Waals surface area contributed by atoms with Crippen molar-refractivity contribution in [2.75, 3.05) is 25.1 Å². The van der Waals surface area contributed by atoms with E-state index in [0.717, 1.165) is 0 Å². The number of amides is 1. The molecule has 0 spiro atoms. The fourth-order valence-electron chi connectivity index (χ4n) is 2.49. The van der Waals surface area contributed by atoms with Crippen molar-refractivity contribution in [1.29, 1.82) is 0 Å². The van der Waals surface area contributed by atoms with E-state index < -0.39 is 18.5 Å². The minimum Gasteiger partial charge on any atom is -0.490 e. The van der Waals surface area contributed by atoms with Gasteiger partial charge in [0.2, 0.25) is 0 Å². The lowest BCUT2D eigenvalue weighted by molar-refractivity contribution is -0.119. The predicted molar refractivity (Wildman–Crippen MR) is 103 cm³/mol. The third-order valence-corrected chi connectivity index (χ3v) is 3.78. The van der Waals surface area contributed by atoms with Gasteiger partial charge in [-0.15, -0.1) is 0 Å². The normalized spacial score (nSPS) is 10.3. The number of nitrogens with zero attached hydrogens (tertiary/aromatic N) is 1. The number of anilines is 1. The highest BCUT2D eigenvalue weighted by molar-refractivity contribution is 5.99. The van der Waals surface area contributed by atoms with E-state index in [1.54, 1.807) is 25.2 Å². The summed E-state index contributed by atoms with van der Waals surface area (Å²) < 4.78 is 17.5. The summed E-state index contributed by atoms with van der Waals surface area (Å²) in [5.41, 5.74) is 1.08. The summed E-state index contributed by atoms with van der Waals surface area (Å²) in [6.45, 7) is 5.61. The van der Waals surface area contributed by atoms with Gasteiger partial charge in [-0.2, -0.15) is 0 Å². The SMILES string of the molecule is CCOc1ccc(NC(=O)COC(=O)c2cc(C(C)=O)cn2C)cc1OCC. The Hall–Kier alpha value is -3.29. The second kappa shape index (κ2) is 9.59. The van der Waals surface area contributed by atoms with Crippen molar-refractivity contribution >= 4 is 23.3 Å². The molecule has 0 atom stereocenters. The van der Waals surface area contributed by atoms with Gasteiger partial charge in [-0.1, -0.05) is 0 Å². The van der Waals surface area contributed by atoms with Crippen molar-refractivity contribution in [1.82, 2.24) is 4.57 Å². The largest absolute Gasteiger partial charge is 0.490 e. The maximum absolute atomic E-state index is 12.1. The fourth-order valence-corrected chi connectivity index (χ4v) is 2.49. The highest BCUT2D eigenvalue weighted by Gasteiger charge is 2.17. The number of Topliss-reactive ketones (excluding diaryl/α,β-unsaturated/α-hetero) is 1. The lowest BCUT2D eigenvalue weighted by atomic mass is 10.2. The zero-order valence-electron chi connectivity index (χ0n) is 16.4. The van der Waals surface area contributed by atoms with E-state index in [9.17, 15) is 14.4 Å². The number of carbonyl (C=O) groups excluding carboxylic acids is 3. The van der Waals surface area contributed by atoms with Crippen molar-refractivity contribution in [3.05, 3.63) is 41.7 Å². The summed E-state index contributed by atoms with van der Waals surface area (Å²) in [5, 5.41) is 2.64. The Balaban J connectivity index is 1.97. The topological polar surface area (TPSA) is 95.9 Å². The number of aryl methyl sites for hydroxylation is 1. The predicted octanol–water partition coefficient (Wildman–Crippen LogP) is 2.82.